The number of nitrogens with zero attached hydrogens (tertiary/aromatic N) is 5. The number of aromatic nitrogens is 2. The zero-order valence-corrected chi connectivity index (χ0v) is 22.3. The lowest BCUT2D eigenvalue weighted by Gasteiger charge is -2.36. The molecule has 0 spiro atoms. The zero-order chi connectivity index (χ0) is 27.0. The number of benzene rings is 2. The second kappa shape index (κ2) is 10.7. The van der Waals surface area contributed by atoms with Crippen molar-refractivity contribution in [3.05, 3.63) is 92.8 Å². The average molecular weight is 554 g/mol. The molecule has 2 aromatic heterocycles. The van der Waals surface area contributed by atoms with Crippen molar-refractivity contribution in [1.29, 1.82) is 0 Å². The van der Waals surface area contributed by atoms with Crippen LogP contribution in [0.1, 0.15) is 21.6 Å². The van der Waals surface area contributed by atoms with E-state index in [9.17, 15) is 18.0 Å². The lowest BCUT2D eigenvalue weighted by molar-refractivity contribution is -0.137. The smallest absolute Gasteiger partial charge is 0.369 e. The Morgan fingerprint density at radius 2 is 1.69 bits per heavy atom. The molecule has 0 N–H and O–H groups in total. The maximum Gasteiger partial charge on any atom is 0.416 e. The predicted molar refractivity (Wildman–Crippen MR) is 148 cm³/mol. The average Bonchev–Trinajstić information content (AvgIpc) is 3.32. The highest BCUT2D eigenvalue weighted by Crippen LogP contribution is 2.33. The first-order chi connectivity index (χ1) is 18.8. The van der Waals surface area contributed by atoms with E-state index in [4.69, 9.17) is 0 Å². The topological polar surface area (TPSA) is 44.6 Å². The Kier molecular flexibility index (Phi) is 7.18. The van der Waals surface area contributed by atoms with Gasteiger partial charge < -0.3 is 4.90 Å². The van der Waals surface area contributed by atoms with E-state index in [0.717, 1.165) is 61.0 Å². The molecule has 2 aliphatic rings. The van der Waals surface area contributed by atoms with Gasteiger partial charge in [0.25, 0.3) is 5.56 Å². The summed E-state index contributed by atoms with van der Waals surface area (Å²) in [6, 6.07) is 16.0. The SMILES string of the molecule is O=c1c2c3c(sc2ncn1CCN1CCN(c2cccc(C(F)(F)F)c2)CC1)CN(Cc1ccccc1)CC3. The van der Waals surface area contributed by atoms with Crippen molar-refractivity contribution < 1.29 is 13.2 Å². The van der Waals surface area contributed by atoms with Crippen molar-refractivity contribution in [2.24, 2.45) is 0 Å². The van der Waals surface area contributed by atoms with Gasteiger partial charge in [0.15, 0.2) is 0 Å². The Morgan fingerprint density at radius 1 is 0.897 bits per heavy atom. The van der Waals surface area contributed by atoms with Gasteiger partial charge in [-0.3, -0.25) is 19.2 Å². The minimum Gasteiger partial charge on any atom is -0.369 e. The van der Waals surface area contributed by atoms with Gasteiger partial charge in [-0.05, 0) is 35.7 Å². The van der Waals surface area contributed by atoms with Gasteiger partial charge in [-0.1, -0.05) is 36.4 Å². The lowest BCUT2D eigenvalue weighted by Crippen LogP contribution is -2.47. The van der Waals surface area contributed by atoms with Gasteiger partial charge in [0, 0.05) is 69.5 Å². The van der Waals surface area contributed by atoms with Gasteiger partial charge in [-0.25, -0.2) is 4.98 Å². The lowest BCUT2D eigenvalue weighted by atomic mass is 10.0. The van der Waals surface area contributed by atoms with Gasteiger partial charge in [-0.15, -0.1) is 11.3 Å². The highest BCUT2D eigenvalue weighted by molar-refractivity contribution is 7.18. The quantitative estimate of drug-likeness (QED) is 0.342. The molecule has 0 aliphatic carbocycles. The summed E-state index contributed by atoms with van der Waals surface area (Å²) < 4.78 is 41.0. The Bertz CT molecular complexity index is 1510. The van der Waals surface area contributed by atoms with Crippen LogP contribution < -0.4 is 10.5 Å². The van der Waals surface area contributed by atoms with Crippen molar-refractivity contribution in [3.63, 3.8) is 0 Å². The monoisotopic (exact) mass is 553 g/mol. The van der Waals surface area contributed by atoms with Gasteiger partial charge in [-0.2, -0.15) is 13.2 Å². The molecule has 6 rings (SSSR count). The molecule has 0 radical (unpaired) electrons. The molecule has 6 nitrogen and oxygen atoms in total. The summed E-state index contributed by atoms with van der Waals surface area (Å²) in [5, 5.41) is 0.770. The summed E-state index contributed by atoms with van der Waals surface area (Å²) in [5.74, 6) is 0. The van der Waals surface area contributed by atoms with E-state index >= 15 is 0 Å². The van der Waals surface area contributed by atoms with Crippen molar-refractivity contribution in [3.8, 4) is 0 Å². The van der Waals surface area contributed by atoms with Crippen LogP contribution in [-0.2, 0) is 32.2 Å². The third-order valence-electron chi connectivity index (χ3n) is 7.72. The molecule has 0 amide bonds. The number of piperazine rings is 1. The van der Waals surface area contributed by atoms with Gasteiger partial charge in [0.05, 0.1) is 17.3 Å². The highest BCUT2D eigenvalue weighted by Gasteiger charge is 2.31. The van der Waals surface area contributed by atoms with Crippen LogP contribution >= 0.6 is 11.3 Å². The fraction of sp³-hybridized carbons (Fsp3) is 0.379. The summed E-state index contributed by atoms with van der Waals surface area (Å²) in [5.41, 5.74) is 2.44. The molecule has 0 unspecified atom stereocenters. The Morgan fingerprint density at radius 3 is 2.46 bits per heavy atom. The largest absolute Gasteiger partial charge is 0.416 e. The Hall–Kier alpha value is -3.21. The number of hydrogen-bond acceptors (Lipinski definition) is 6. The third kappa shape index (κ3) is 5.59. The fourth-order valence-corrected chi connectivity index (χ4v) is 6.79. The minimum absolute atomic E-state index is 0.0246. The van der Waals surface area contributed by atoms with Crippen molar-refractivity contribution in [2.75, 3.05) is 44.2 Å². The molecule has 10 heteroatoms. The van der Waals surface area contributed by atoms with Crippen molar-refractivity contribution >= 4 is 27.2 Å². The summed E-state index contributed by atoms with van der Waals surface area (Å²) in [6.45, 7) is 6.62. The van der Waals surface area contributed by atoms with Crippen LogP contribution in [0.3, 0.4) is 0 Å². The number of hydrogen-bond donors (Lipinski definition) is 0. The van der Waals surface area contributed by atoms with Crippen LogP contribution in [0.4, 0.5) is 18.9 Å². The number of rotatable bonds is 6. The van der Waals surface area contributed by atoms with E-state index in [0.29, 0.717) is 31.9 Å². The van der Waals surface area contributed by atoms with E-state index in [-0.39, 0.29) is 5.56 Å². The highest BCUT2D eigenvalue weighted by atomic mass is 32.1. The number of thiophene rings is 1. The molecule has 4 heterocycles. The normalized spacial score (nSPS) is 17.1. The van der Waals surface area contributed by atoms with E-state index < -0.39 is 11.7 Å². The summed E-state index contributed by atoms with van der Waals surface area (Å²) >= 11 is 1.63. The van der Waals surface area contributed by atoms with Crippen LogP contribution in [-0.4, -0.2) is 58.6 Å². The van der Waals surface area contributed by atoms with Crippen LogP contribution in [0.5, 0.6) is 0 Å². The third-order valence-corrected chi connectivity index (χ3v) is 8.85. The van der Waals surface area contributed by atoms with E-state index in [1.165, 1.54) is 22.6 Å². The molecule has 0 bridgehead atoms. The summed E-state index contributed by atoms with van der Waals surface area (Å²) in [6.07, 6.45) is -1.84. The minimum atomic E-state index is -4.34. The first kappa shape index (κ1) is 26.0. The Balaban J connectivity index is 1.08. The van der Waals surface area contributed by atoms with E-state index in [2.05, 4.69) is 39.0 Å². The number of halogens is 3. The molecule has 2 aliphatic heterocycles. The second-order valence-electron chi connectivity index (χ2n) is 10.3. The molecule has 4 aromatic rings. The molecule has 0 saturated carbocycles. The van der Waals surface area contributed by atoms with Gasteiger partial charge >= 0.3 is 6.18 Å². The maximum atomic E-state index is 13.5. The van der Waals surface area contributed by atoms with Crippen LogP contribution in [0, 0.1) is 0 Å². The van der Waals surface area contributed by atoms with Gasteiger partial charge in [0.2, 0.25) is 0 Å². The first-order valence-electron chi connectivity index (χ1n) is 13.3. The molecular weight excluding hydrogens is 523 g/mol. The van der Waals surface area contributed by atoms with Crippen molar-refractivity contribution in [1.82, 2.24) is 19.4 Å². The van der Waals surface area contributed by atoms with Gasteiger partial charge in [0.1, 0.15) is 4.83 Å². The molecule has 1 saturated heterocycles. The molecular formula is C29H30F3N5OS. The second-order valence-corrected chi connectivity index (χ2v) is 11.3. The van der Waals surface area contributed by atoms with Crippen LogP contribution in [0.25, 0.3) is 10.2 Å². The summed E-state index contributed by atoms with van der Waals surface area (Å²) in [7, 11) is 0. The molecule has 204 valence electrons. The van der Waals surface area contributed by atoms with Crippen molar-refractivity contribution in [2.45, 2.75) is 32.2 Å². The maximum absolute atomic E-state index is 13.5. The summed E-state index contributed by atoms with van der Waals surface area (Å²) in [4.78, 5) is 26.8. The van der Waals surface area contributed by atoms with E-state index in [1.54, 1.807) is 28.3 Å². The number of alkyl halides is 3. The molecule has 39 heavy (non-hydrogen) atoms. The first-order valence-corrected chi connectivity index (χ1v) is 14.1. The Labute approximate surface area is 228 Å². The molecule has 2 aromatic carbocycles. The molecule has 0 atom stereocenters. The zero-order valence-electron chi connectivity index (χ0n) is 21.5. The fourth-order valence-electron chi connectivity index (χ4n) is 5.57. The van der Waals surface area contributed by atoms with Crippen LogP contribution in [0.2, 0.25) is 0 Å². The number of anilines is 1. The van der Waals surface area contributed by atoms with E-state index in [1.807, 2.05) is 11.0 Å². The standard InChI is InChI=1S/C29H30F3N5OS/c30-29(31,32)22-7-4-8-23(17-22)36-14-11-34(12-15-36)13-16-37-20-33-27-26(28(37)38)24-9-10-35(19-25(24)39-27)18-21-5-2-1-3-6-21/h1-8,17,20H,9-16,18-19H2. The van der Waals surface area contributed by atoms with Crippen LogP contribution in [0.15, 0.2) is 65.7 Å². The predicted octanol–water partition coefficient (Wildman–Crippen LogP) is 4.86. The number of fused-ring (bicyclic) bond motifs is 3. The molecule has 1 fully saturated rings.